The van der Waals surface area contributed by atoms with E-state index in [1.807, 2.05) is 0 Å². The Morgan fingerprint density at radius 2 is 1.62 bits per heavy atom. The van der Waals surface area contributed by atoms with Gasteiger partial charge in [0, 0.05) is 22.4 Å². The molecule has 0 aliphatic rings. The minimum atomic E-state index is -2.09. The Hall–Kier alpha value is -4.46. The van der Waals surface area contributed by atoms with E-state index >= 15 is 0 Å². The topological polar surface area (TPSA) is 180 Å². The SMILES string of the molecule is CC(O)(C(=NC(=O)c1ccc(C#Cc2ccc(N)cc2)cc1)C(=O)NO)c1cnc(N)[nH]1. The minimum absolute atomic E-state index is 0.00831. The summed E-state index contributed by atoms with van der Waals surface area (Å²) < 4.78 is 0. The summed E-state index contributed by atoms with van der Waals surface area (Å²) in [5.74, 6) is 3.96. The van der Waals surface area contributed by atoms with Crippen LogP contribution in [0.25, 0.3) is 0 Å². The highest BCUT2D eigenvalue weighted by molar-refractivity contribution is 6.43. The highest BCUT2D eigenvalue weighted by atomic mass is 16.5. The molecule has 32 heavy (non-hydrogen) atoms. The fourth-order valence-corrected chi connectivity index (χ4v) is 2.72. The van der Waals surface area contributed by atoms with Gasteiger partial charge in [0.15, 0.2) is 11.5 Å². The van der Waals surface area contributed by atoms with E-state index in [1.54, 1.807) is 36.4 Å². The van der Waals surface area contributed by atoms with Gasteiger partial charge in [0.25, 0.3) is 11.8 Å². The number of H-pyrrole nitrogens is 1. The number of nitrogens with one attached hydrogen (secondary N) is 2. The first-order valence-electron chi connectivity index (χ1n) is 9.29. The number of amides is 2. The van der Waals surface area contributed by atoms with Crippen molar-refractivity contribution in [2.75, 3.05) is 11.5 Å². The van der Waals surface area contributed by atoms with Gasteiger partial charge in [-0.15, -0.1) is 0 Å². The molecule has 0 radical (unpaired) electrons. The zero-order chi connectivity index (χ0) is 23.3. The number of carbonyl (C=O) groups is 2. The van der Waals surface area contributed by atoms with Crippen molar-refractivity contribution >= 4 is 29.2 Å². The Morgan fingerprint density at radius 3 is 2.12 bits per heavy atom. The van der Waals surface area contributed by atoms with Gasteiger partial charge in [-0.3, -0.25) is 14.8 Å². The number of aliphatic hydroxyl groups is 1. The molecule has 8 N–H and O–H groups in total. The van der Waals surface area contributed by atoms with Crippen molar-refractivity contribution in [3.8, 4) is 11.8 Å². The van der Waals surface area contributed by atoms with E-state index in [4.69, 9.17) is 16.7 Å². The van der Waals surface area contributed by atoms with Crippen LogP contribution in [0.4, 0.5) is 11.6 Å². The lowest BCUT2D eigenvalue weighted by Gasteiger charge is -2.22. The monoisotopic (exact) mass is 432 g/mol. The van der Waals surface area contributed by atoms with Crippen molar-refractivity contribution in [3.63, 3.8) is 0 Å². The van der Waals surface area contributed by atoms with Crippen molar-refractivity contribution in [2.45, 2.75) is 12.5 Å². The average Bonchev–Trinajstić information content (AvgIpc) is 3.24. The Bertz CT molecular complexity index is 1230. The number of hydrogen-bond donors (Lipinski definition) is 6. The van der Waals surface area contributed by atoms with E-state index in [1.165, 1.54) is 30.7 Å². The van der Waals surface area contributed by atoms with Crippen LogP contribution in [0.1, 0.15) is 34.1 Å². The molecule has 3 rings (SSSR count). The molecule has 1 unspecified atom stereocenters. The number of hydroxylamine groups is 1. The molecule has 162 valence electrons. The zero-order valence-electron chi connectivity index (χ0n) is 17.0. The molecule has 0 bridgehead atoms. The van der Waals surface area contributed by atoms with E-state index in [9.17, 15) is 14.7 Å². The third-order valence-corrected chi connectivity index (χ3v) is 4.50. The third kappa shape index (κ3) is 4.99. The normalized spacial score (nSPS) is 12.9. The number of nitrogens with two attached hydrogens (primary N) is 2. The second kappa shape index (κ2) is 9.13. The molecule has 0 aliphatic heterocycles. The van der Waals surface area contributed by atoms with Crippen LogP contribution in [0, 0.1) is 11.8 Å². The lowest BCUT2D eigenvalue weighted by Crippen LogP contribution is -2.44. The molecule has 3 aromatic rings. The van der Waals surface area contributed by atoms with Crippen LogP contribution in [-0.2, 0) is 10.4 Å². The summed E-state index contributed by atoms with van der Waals surface area (Å²) in [5.41, 5.74) is 12.0. The summed E-state index contributed by atoms with van der Waals surface area (Å²) in [6.45, 7) is 1.21. The number of aliphatic imine (C=N–C) groups is 1. The second-order valence-electron chi connectivity index (χ2n) is 6.91. The van der Waals surface area contributed by atoms with Gasteiger partial charge in [0.05, 0.1) is 11.9 Å². The van der Waals surface area contributed by atoms with Gasteiger partial charge >= 0.3 is 0 Å². The number of nitrogen functional groups attached to an aromatic ring is 2. The summed E-state index contributed by atoms with van der Waals surface area (Å²) in [6, 6.07) is 13.3. The predicted molar refractivity (Wildman–Crippen MR) is 118 cm³/mol. The van der Waals surface area contributed by atoms with Gasteiger partial charge in [0.2, 0.25) is 0 Å². The van der Waals surface area contributed by atoms with Gasteiger partial charge in [0.1, 0.15) is 5.71 Å². The number of imidazole rings is 1. The van der Waals surface area contributed by atoms with Crippen molar-refractivity contribution in [1.82, 2.24) is 15.4 Å². The summed E-state index contributed by atoms with van der Waals surface area (Å²) in [7, 11) is 0. The molecule has 0 spiro atoms. The summed E-state index contributed by atoms with van der Waals surface area (Å²) >= 11 is 0. The first-order valence-corrected chi connectivity index (χ1v) is 9.29. The molecular formula is C22H20N6O4. The summed E-state index contributed by atoms with van der Waals surface area (Å²) in [5, 5.41) is 19.8. The van der Waals surface area contributed by atoms with Gasteiger partial charge in [-0.1, -0.05) is 11.8 Å². The van der Waals surface area contributed by atoms with Crippen molar-refractivity contribution in [1.29, 1.82) is 0 Å². The number of carbonyl (C=O) groups excluding carboxylic acids is 2. The van der Waals surface area contributed by atoms with E-state index in [2.05, 4.69) is 26.8 Å². The van der Waals surface area contributed by atoms with Crippen LogP contribution >= 0.6 is 0 Å². The molecule has 1 heterocycles. The number of aromatic amines is 1. The highest BCUT2D eigenvalue weighted by Gasteiger charge is 2.37. The maximum Gasteiger partial charge on any atom is 0.292 e. The third-order valence-electron chi connectivity index (χ3n) is 4.50. The van der Waals surface area contributed by atoms with Crippen LogP contribution in [0.5, 0.6) is 0 Å². The maximum atomic E-state index is 12.6. The van der Waals surface area contributed by atoms with E-state index in [0.29, 0.717) is 11.3 Å². The van der Waals surface area contributed by atoms with Crippen LogP contribution in [0.3, 0.4) is 0 Å². The number of hydrogen-bond acceptors (Lipinski definition) is 7. The summed E-state index contributed by atoms with van der Waals surface area (Å²) in [6.07, 6.45) is 1.19. The number of rotatable bonds is 4. The Morgan fingerprint density at radius 1 is 1.06 bits per heavy atom. The molecule has 1 aromatic heterocycles. The standard InChI is InChI=1S/C22H20N6O4/c1-22(31,17-12-25-21(24)26-17)18(20(30)28-32)27-19(29)15-8-4-13(5-9-15)2-3-14-6-10-16(23)11-7-14/h4-12,31-32H,23H2,1H3,(H,28,30)(H3,24,25,26). The van der Waals surface area contributed by atoms with E-state index in [0.717, 1.165) is 5.56 Å². The Labute approximate surface area is 183 Å². The lowest BCUT2D eigenvalue weighted by molar-refractivity contribution is -0.123. The van der Waals surface area contributed by atoms with Crippen LogP contribution in [-0.4, -0.2) is 37.8 Å². The molecule has 0 saturated heterocycles. The highest BCUT2D eigenvalue weighted by Crippen LogP contribution is 2.22. The lowest BCUT2D eigenvalue weighted by atomic mass is 9.95. The number of aromatic nitrogens is 2. The van der Waals surface area contributed by atoms with Gasteiger partial charge in [-0.25, -0.2) is 15.5 Å². The first-order chi connectivity index (χ1) is 15.2. The smallest absolute Gasteiger partial charge is 0.292 e. The quantitative estimate of drug-likeness (QED) is 0.117. The molecule has 0 saturated carbocycles. The first kappa shape index (κ1) is 22.2. The van der Waals surface area contributed by atoms with E-state index in [-0.39, 0.29) is 17.2 Å². The molecule has 1 atom stereocenters. The Kier molecular flexibility index (Phi) is 6.34. The number of anilines is 2. The Balaban J connectivity index is 1.86. The molecular weight excluding hydrogens is 412 g/mol. The second-order valence-corrected chi connectivity index (χ2v) is 6.91. The van der Waals surface area contributed by atoms with Crippen LogP contribution in [0.15, 0.2) is 59.7 Å². The largest absolute Gasteiger partial charge is 0.399 e. The molecule has 0 aliphatic carbocycles. The zero-order valence-corrected chi connectivity index (χ0v) is 17.0. The predicted octanol–water partition coefficient (Wildman–Crippen LogP) is 0.968. The van der Waals surface area contributed by atoms with Gasteiger partial charge < -0.3 is 21.6 Å². The molecule has 2 amide bonds. The minimum Gasteiger partial charge on any atom is -0.399 e. The molecule has 2 aromatic carbocycles. The average molecular weight is 432 g/mol. The van der Waals surface area contributed by atoms with E-state index < -0.39 is 23.1 Å². The fourth-order valence-electron chi connectivity index (χ4n) is 2.72. The van der Waals surface area contributed by atoms with Crippen molar-refractivity contribution in [2.24, 2.45) is 4.99 Å². The van der Waals surface area contributed by atoms with Crippen molar-refractivity contribution < 1.29 is 19.9 Å². The summed E-state index contributed by atoms with van der Waals surface area (Å²) in [4.78, 5) is 34.8. The van der Waals surface area contributed by atoms with Crippen LogP contribution in [0.2, 0.25) is 0 Å². The molecule has 10 nitrogen and oxygen atoms in total. The maximum absolute atomic E-state index is 12.6. The van der Waals surface area contributed by atoms with Gasteiger partial charge in [-0.2, -0.15) is 0 Å². The molecule has 10 heteroatoms. The van der Waals surface area contributed by atoms with Crippen molar-refractivity contribution in [3.05, 3.63) is 77.1 Å². The van der Waals surface area contributed by atoms with Gasteiger partial charge in [-0.05, 0) is 55.5 Å². The fraction of sp³-hybridized carbons (Fsp3) is 0.0909. The number of benzene rings is 2. The molecule has 0 fully saturated rings. The number of nitrogens with zero attached hydrogens (tertiary/aromatic N) is 2. The van der Waals surface area contributed by atoms with Crippen LogP contribution < -0.4 is 16.9 Å².